The number of hydrogen-bond donors (Lipinski definition) is 0. The zero-order valence-corrected chi connectivity index (χ0v) is 14.0. The van der Waals surface area contributed by atoms with Gasteiger partial charge in [0.2, 0.25) is 0 Å². The summed E-state index contributed by atoms with van der Waals surface area (Å²) in [4.78, 5) is 1.86. The van der Waals surface area contributed by atoms with Gasteiger partial charge in [-0.1, -0.05) is 48.2 Å². The van der Waals surface area contributed by atoms with Crippen LogP contribution >= 0.6 is 11.8 Å². The van der Waals surface area contributed by atoms with Gasteiger partial charge in [-0.25, -0.2) is 0 Å². The second-order valence-corrected chi connectivity index (χ2v) is 7.99. The van der Waals surface area contributed by atoms with E-state index in [0.717, 1.165) is 20.9 Å². The molecule has 0 saturated heterocycles. The molecule has 0 amide bonds. The lowest BCUT2D eigenvalue weighted by molar-refractivity contribution is -0.0499. The molecule has 0 aromatic heterocycles. The Morgan fingerprint density at radius 1 is 0.840 bits per heavy atom. The van der Waals surface area contributed by atoms with Gasteiger partial charge in [0.05, 0.1) is 0 Å². The number of benzene rings is 3. The van der Waals surface area contributed by atoms with E-state index in [1.165, 1.54) is 17.8 Å². The van der Waals surface area contributed by atoms with Crippen LogP contribution in [0.15, 0.2) is 64.4 Å². The van der Waals surface area contributed by atoms with Crippen LogP contribution in [0.5, 0.6) is 5.75 Å². The minimum atomic E-state index is -5.72. The summed E-state index contributed by atoms with van der Waals surface area (Å²) in [7, 11) is -5.72. The van der Waals surface area contributed by atoms with Gasteiger partial charge in [0.1, 0.15) is 0 Å². The zero-order valence-electron chi connectivity index (χ0n) is 12.4. The smallest absolute Gasteiger partial charge is 0.375 e. The van der Waals surface area contributed by atoms with E-state index in [9.17, 15) is 21.6 Å². The third-order valence-electron chi connectivity index (χ3n) is 3.84. The highest BCUT2D eigenvalue weighted by molar-refractivity contribution is 7.99. The molecule has 0 saturated carbocycles. The van der Waals surface area contributed by atoms with Gasteiger partial charge in [-0.05, 0) is 29.3 Å². The number of rotatable bonds is 2. The molecule has 0 spiro atoms. The lowest BCUT2D eigenvalue weighted by Gasteiger charge is -2.21. The third-order valence-corrected chi connectivity index (χ3v) is 5.94. The van der Waals surface area contributed by atoms with Crippen molar-refractivity contribution in [1.82, 2.24) is 0 Å². The first-order valence-electron chi connectivity index (χ1n) is 7.12. The Hall–Kier alpha value is -2.19. The average Bonchev–Trinajstić information content (AvgIpc) is 2.56. The van der Waals surface area contributed by atoms with Crippen molar-refractivity contribution in [3.63, 3.8) is 0 Å². The van der Waals surface area contributed by atoms with Gasteiger partial charge < -0.3 is 4.18 Å². The van der Waals surface area contributed by atoms with E-state index in [0.29, 0.717) is 10.8 Å². The average molecular weight is 382 g/mol. The van der Waals surface area contributed by atoms with Gasteiger partial charge in [0.15, 0.2) is 5.75 Å². The molecule has 1 heterocycles. The zero-order chi connectivity index (χ0) is 17.8. The van der Waals surface area contributed by atoms with E-state index in [2.05, 4.69) is 4.18 Å². The fraction of sp³-hybridized carbons (Fsp3) is 0.0588. The predicted molar refractivity (Wildman–Crippen MR) is 89.1 cm³/mol. The summed E-state index contributed by atoms with van der Waals surface area (Å²) in [6.45, 7) is 0. The first-order chi connectivity index (χ1) is 11.8. The summed E-state index contributed by atoms with van der Waals surface area (Å²) in [6.07, 6.45) is 0. The van der Waals surface area contributed by atoms with Crippen molar-refractivity contribution >= 4 is 32.7 Å². The highest BCUT2D eigenvalue weighted by Gasteiger charge is 2.48. The topological polar surface area (TPSA) is 43.4 Å². The lowest BCUT2D eigenvalue weighted by Crippen LogP contribution is -2.28. The molecular weight excluding hydrogens is 373 g/mol. The Kier molecular flexibility index (Phi) is 3.52. The maximum Gasteiger partial charge on any atom is 0.534 e. The monoisotopic (exact) mass is 382 g/mol. The van der Waals surface area contributed by atoms with Crippen molar-refractivity contribution in [3.05, 3.63) is 54.6 Å². The summed E-state index contributed by atoms with van der Waals surface area (Å²) in [6, 6.07) is 15.6. The van der Waals surface area contributed by atoms with Gasteiger partial charge in [-0.2, -0.15) is 21.6 Å². The first-order valence-corrected chi connectivity index (χ1v) is 9.34. The van der Waals surface area contributed by atoms with Crippen LogP contribution in [0, 0.1) is 0 Å². The second-order valence-electron chi connectivity index (χ2n) is 5.37. The van der Waals surface area contributed by atoms with E-state index in [1.54, 1.807) is 18.2 Å². The van der Waals surface area contributed by atoms with Crippen LogP contribution in [0.3, 0.4) is 0 Å². The minimum absolute atomic E-state index is 0.324. The maximum atomic E-state index is 12.6. The fourth-order valence-electron chi connectivity index (χ4n) is 2.79. The number of fused-ring (bicyclic) bond motifs is 2. The highest BCUT2D eigenvalue weighted by Crippen LogP contribution is 2.49. The second kappa shape index (κ2) is 5.40. The van der Waals surface area contributed by atoms with Gasteiger partial charge in [0.25, 0.3) is 0 Å². The van der Waals surface area contributed by atoms with Crippen LogP contribution in [0.1, 0.15) is 0 Å². The number of halogens is 3. The minimum Gasteiger partial charge on any atom is -0.375 e. The number of hydrogen-bond acceptors (Lipinski definition) is 4. The molecule has 8 heteroatoms. The van der Waals surface area contributed by atoms with Crippen molar-refractivity contribution in [3.8, 4) is 16.9 Å². The van der Waals surface area contributed by atoms with Crippen LogP contribution in [0.25, 0.3) is 21.9 Å². The Bertz CT molecular complexity index is 1110. The van der Waals surface area contributed by atoms with Crippen LogP contribution < -0.4 is 4.18 Å². The van der Waals surface area contributed by atoms with Crippen molar-refractivity contribution in [2.45, 2.75) is 15.3 Å². The molecule has 4 rings (SSSR count). The molecule has 0 radical (unpaired) electrons. The van der Waals surface area contributed by atoms with E-state index in [4.69, 9.17) is 0 Å². The third kappa shape index (κ3) is 2.56. The Morgan fingerprint density at radius 3 is 2.32 bits per heavy atom. The maximum absolute atomic E-state index is 12.6. The molecule has 0 bridgehead atoms. The summed E-state index contributed by atoms with van der Waals surface area (Å²) in [5, 5.41) is 1.01. The van der Waals surface area contributed by atoms with Gasteiger partial charge >= 0.3 is 15.6 Å². The quantitative estimate of drug-likeness (QED) is 0.353. The first kappa shape index (κ1) is 16.3. The molecule has 0 fully saturated rings. The molecule has 0 unspecified atom stereocenters. The van der Waals surface area contributed by atoms with Gasteiger partial charge in [-0.3, -0.25) is 0 Å². The van der Waals surface area contributed by atoms with Gasteiger partial charge in [-0.15, -0.1) is 0 Å². The van der Waals surface area contributed by atoms with Gasteiger partial charge in [0, 0.05) is 20.6 Å². The summed E-state index contributed by atoms with van der Waals surface area (Å²) >= 11 is 1.48. The largest absolute Gasteiger partial charge is 0.534 e. The lowest BCUT2D eigenvalue weighted by atomic mass is 9.97. The van der Waals surface area contributed by atoms with Crippen LogP contribution in [0.2, 0.25) is 0 Å². The van der Waals surface area contributed by atoms with Crippen molar-refractivity contribution in [2.75, 3.05) is 0 Å². The molecule has 3 nitrogen and oxygen atoms in total. The van der Waals surface area contributed by atoms with Crippen molar-refractivity contribution in [1.29, 1.82) is 0 Å². The molecule has 0 aliphatic carbocycles. The van der Waals surface area contributed by atoms with E-state index < -0.39 is 15.6 Å². The standard InChI is InChI=1S/C17H9F3O3S2/c18-17(19,20)25(21,22)23-13-8-9-15-16-11(5-3-6-12(13)16)10-4-1-2-7-14(10)24-15/h1-9H. The molecule has 25 heavy (non-hydrogen) atoms. The van der Waals surface area contributed by atoms with E-state index in [1.807, 2.05) is 30.3 Å². The normalized spacial score (nSPS) is 13.6. The summed E-state index contributed by atoms with van der Waals surface area (Å²) < 4.78 is 65.0. The molecular formula is C17H9F3O3S2. The Morgan fingerprint density at radius 2 is 1.56 bits per heavy atom. The molecule has 3 aromatic rings. The molecule has 1 aliphatic rings. The molecule has 3 aromatic carbocycles. The predicted octanol–water partition coefficient (Wildman–Crippen LogP) is 5.20. The van der Waals surface area contributed by atoms with Crippen LogP contribution in [0.4, 0.5) is 13.2 Å². The molecule has 0 N–H and O–H groups in total. The molecule has 1 aliphatic heterocycles. The Balaban J connectivity index is 1.95. The summed E-state index contributed by atoms with van der Waals surface area (Å²) in [5.74, 6) is -0.335. The molecule has 128 valence electrons. The summed E-state index contributed by atoms with van der Waals surface area (Å²) in [5.41, 5.74) is -3.70. The van der Waals surface area contributed by atoms with Crippen LogP contribution in [-0.2, 0) is 10.1 Å². The van der Waals surface area contributed by atoms with Crippen molar-refractivity contribution < 1.29 is 25.8 Å². The Labute approximate surface area is 145 Å². The van der Waals surface area contributed by atoms with E-state index in [-0.39, 0.29) is 5.75 Å². The highest BCUT2D eigenvalue weighted by atomic mass is 32.2. The SMILES string of the molecule is O=S(=O)(Oc1ccc2c3c(cccc13)-c1ccccc1S2)C(F)(F)F. The van der Waals surface area contributed by atoms with Crippen molar-refractivity contribution in [2.24, 2.45) is 0 Å². The van der Waals surface area contributed by atoms with E-state index >= 15 is 0 Å². The fourth-order valence-corrected chi connectivity index (χ4v) is 4.40. The van der Waals surface area contributed by atoms with Crippen LogP contribution in [-0.4, -0.2) is 13.9 Å². The molecule has 0 atom stereocenters. The number of alkyl halides is 3.